The van der Waals surface area contributed by atoms with Crippen molar-refractivity contribution in [2.24, 2.45) is 5.73 Å². The van der Waals surface area contributed by atoms with Crippen molar-refractivity contribution in [3.8, 4) is 0 Å². The monoisotopic (exact) mass is 206 g/mol. The highest BCUT2D eigenvalue weighted by molar-refractivity contribution is 5.82. The van der Waals surface area contributed by atoms with Gasteiger partial charge in [-0.3, -0.25) is 0 Å². The molecule has 0 radical (unpaired) electrons. The van der Waals surface area contributed by atoms with Crippen molar-refractivity contribution in [1.82, 2.24) is 19.9 Å². The summed E-state index contributed by atoms with van der Waals surface area (Å²) < 4.78 is 0. The fourth-order valence-corrected chi connectivity index (χ4v) is 1.23. The molecule has 2 rings (SSSR count). The minimum Gasteiger partial charge on any atom is -0.362 e. The summed E-state index contributed by atoms with van der Waals surface area (Å²) >= 11 is 0. The van der Waals surface area contributed by atoms with Crippen molar-refractivity contribution in [2.75, 3.05) is 11.9 Å². The van der Waals surface area contributed by atoms with Gasteiger partial charge in [0.1, 0.15) is 11.8 Å². The zero-order chi connectivity index (χ0) is 10.9. The molecule has 2 aromatic heterocycles. The van der Waals surface area contributed by atoms with E-state index in [-0.39, 0.29) is 5.54 Å². The summed E-state index contributed by atoms with van der Waals surface area (Å²) in [6.45, 7) is 4.54. The summed E-state index contributed by atoms with van der Waals surface area (Å²) in [5.41, 5.74) is 6.90. The van der Waals surface area contributed by atoms with E-state index in [2.05, 4.69) is 25.3 Å². The maximum Gasteiger partial charge on any atom is 0.182 e. The predicted molar refractivity (Wildman–Crippen MR) is 58.4 cm³/mol. The number of hydrogen-bond donors (Lipinski definition) is 3. The number of nitrogens with two attached hydrogens (primary N) is 1. The first-order valence-electron chi connectivity index (χ1n) is 4.75. The van der Waals surface area contributed by atoms with Crippen LogP contribution >= 0.6 is 0 Å². The first-order valence-corrected chi connectivity index (χ1v) is 4.75. The largest absolute Gasteiger partial charge is 0.362 e. The Morgan fingerprint density at radius 3 is 2.93 bits per heavy atom. The third kappa shape index (κ3) is 1.89. The molecule has 15 heavy (non-hydrogen) atoms. The molecule has 0 saturated carbocycles. The van der Waals surface area contributed by atoms with Gasteiger partial charge in [0, 0.05) is 12.1 Å². The van der Waals surface area contributed by atoms with Crippen LogP contribution in [0.1, 0.15) is 13.8 Å². The van der Waals surface area contributed by atoms with Gasteiger partial charge < -0.3 is 16.0 Å². The van der Waals surface area contributed by atoms with E-state index in [1.807, 2.05) is 13.8 Å². The highest BCUT2D eigenvalue weighted by Crippen LogP contribution is 2.18. The fourth-order valence-electron chi connectivity index (χ4n) is 1.23. The second-order valence-electron chi connectivity index (χ2n) is 4.04. The average Bonchev–Trinajstić information content (AvgIpc) is 2.66. The number of nitrogens with one attached hydrogen (secondary N) is 2. The molecule has 0 fully saturated rings. The SMILES string of the molecule is CC(C)(CN)Nc1ncnc2nc[nH]c12. The Labute approximate surface area is 87.3 Å². The maximum absolute atomic E-state index is 5.64. The van der Waals surface area contributed by atoms with Gasteiger partial charge in [-0.1, -0.05) is 0 Å². The number of hydrogen-bond acceptors (Lipinski definition) is 5. The molecule has 0 aromatic carbocycles. The minimum atomic E-state index is -0.202. The molecule has 2 heterocycles. The van der Waals surface area contributed by atoms with Gasteiger partial charge in [0.05, 0.1) is 6.33 Å². The third-order valence-corrected chi connectivity index (χ3v) is 2.19. The molecule has 6 nitrogen and oxygen atoms in total. The lowest BCUT2D eigenvalue weighted by Gasteiger charge is -2.24. The fraction of sp³-hybridized carbons (Fsp3) is 0.444. The van der Waals surface area contributed by atoms with Crippen molar-refractivity contribution in [3.05, 3.63) is 12.7 Å². The first-order chi connectivity index (χ1) is 7.12. The highest BCUT2D eigenvalue weighted by Gasteiger charge is 2.17. The Bertz CT molecular complexity index is 460. The van der Waals surface area contributed by atoms with Gasteiger partial charge in [-0.15, -0.1) is 0 Å². The van der Waals surface area contributed by atoms with Crippen molar-refractivity contribution >= 4 is 17.0 Å². The molecule has 0 aliphatic rings. The van der Waals surface area contributed by atoms with Crippen LogP contribution in [-0.4, -0.2) is 32.0 Å². The minimum absolute atomic E-state index is 0.202. The number of H-pyrrole nitrogens is 1. The first kappa shape index (κ1) is 9.85. The number of anilines is 1. The number of rotatable bonds is 3. The van der Waals surface area contributed by atoms with E-state index < -0.39 is 0 Å². The quantitative estimate of drug-likeness (QED) is 0.680. The molecule has 0 saturated heterocycles. The molecule has 0 spiro atoms. The number of nitrogens with zero attached hydrogens (tertiary/aromatic N) is 3. The molecule has 0 bridgehead atoms. The molecule has 0 amide bonds. The lowest BCUT2D eigenvalue weighted by atomic mass is 10.1. The van der Waals surface area contributed by atoms with Crippen LogP contribution in [0.5, 0.6) is 0 Å². The molecular formula is C9H14N6. The Kier molecular flexibility index (Phi) is 2.28. The van der Waals surface area contributed by atoms with Crippen LogP contribution in [0.4, 0.5) is 5.82 Å². The molecule has 0 aliphatic heterocycles. The third-order valence-electron chi connectivity index (χ3n) is 2.19. The van der Waals surface area contributed by atoms with E-state index in [1.54, 1.807) is 6.33 Å². The molecule has 6 heteroatoms. The van der Waals surface area contributed by atoms with Gasteiger partial charge in [0.25, 0.3) is 0 Å². The number of aromatic amines is 1. The summed E-state index contributed by atoms with van der Waals surface area (Å²) in [5.74, 6) is 0.730. The molecule has 0 aliphatic carbocycles. The zero-order valence-corrected chi connectivity index (χ0v) is 8.78. The number of fused-ring (bicyclic) bond motifs is 1. The summed E-state index contributed by atoms with van der Waals surface area (Å²) in [6, 6.07) is 0. The molecule has 2 aromatic rings. The van der Waals surface area contributed by atoms with Crippen molar-refractivity contribution < 1.29 is 0 Å². The van der Waals surface area contributed by atoms with E-state index >= 15 is 0 Å². The molecular weight excluding hydrogens is 192 g/mol. The Hall–Kier alpha value is -1.69. The topological polar surface area (TPSA) is 92.5 Å². The standard InChI is InChI=1S/C9H14N6/c1-9(2,3-10)15-8-6-7(12-4-11-6)13-5-14-8/h4-5H,3,10H2,1-2H3,(H2,11,12,13,14,15). The highest BCUT2D eigenvalue weighted by atomic mass is 15.1. The van der Waals surface area contributed by atoms with E-state index in [0.29, 0.717) is 12.2 Å². The smallest absolute Gasteiger partial charge is 0.182 e. The van der Waals surface area contributed by atoms with Gasteiger partial charge in [-0.05, 0) is 13.8 Å². The molecule has 80 valence electrons. The van der Waals surface area contributed by atoms with E-state index in [1.165, 1.54) is 6.33 Å². The van der Waals surface area contributed by atoms with Gasteiger partial charge >= 0.3 is 0 Å². The maximum atomic E-state index is 5.64. The van der Waals surface area contributed by atoms with Crippen LogP contribution in [0.15, 0.2) is 12.7 Å². The Balaban J connectivity index is 2.39. The average molecular weight is 206 g/mol. The van der Waals surface area contributed by atoms with Crippen molar-refractivity contribution in [3.63, 3.8) is 0 Å². The Morgan fingerprint density at radius 2 is 2.20 bits per heavy atom. The second kappa shape index (κ2) is 3.47. The van der Waals surface area contributed by atoms with Gasteiger partial charge in [0.2, 0.25) is 0 Å². The normalized spacial score (nSPS) is 11.9. The van der Waals surface area contributed by atoms with Gasteiger partial charge in [-0.25, -0.2) is 15.0 Å². The lowest BCUT2D eigenvalue weighted by Crippen LogP contribution is -2.39. The summed E-state index contributed by atoms with van der Waals surface area (Å²) in [4.78, 5) is 15.2. The van der Waals surface area contributed by atoms with Gasteiger partial charge in [-0.2, -0.15) is 0 Å². The summed E-state index contributed by atoms with van der Waals surface area (Å²) in [7, 11) is 0. The zero-order valence-electron chi connectivity index (χ0n) is 8.78. The summed E-state index contributed by atoms with van der Waals surface area (Å²) in [5, 5.41) is 3.25. The number of aromatic nitrogens is 4. The van der Waals surface area contributed by atoms with Crippen LogP contribution in [-0.2, 0) is 0 Å². The predicted octanol–water partition coefficient (Wildman–Crippen LogP) is 0.502. The van der Waals surface area contributed by atoms with Crippen LogP contribution in [0, 0.1) is 0 Å². The van der Waals surface area contributed by atoms with E-state index in [9.17, 15) is 0 Å². The van der Waals surface area contributed by atoms with E-state index in [0.717, 1.165) is 11.3 Å². The van der Waals surface area contributed by atoms with Gasteiger partial charge in [0.15, 0.2) is 11.5 Å². The number of imidazole rings is 1. The summed E-state index contributed by atoms with van der Waals surface area (Å²) in [6.07, 6.45) is 3.08. The Morgan fingerprint density at radius 1 is 1.40 bits per heavy atom. The molecule has 0 atom stereocenters. The van der Waals surface area contributed by atoms with Crippen LogP contribution in [0.25, 0.3) is 11.2 Å². The van der Waals surface area contributed by atoms with Crippen LogP contribution in [0.2, 0.25) is 0 Å². The lowest BCUT2D eigenvalue weighted by molar-refractivity contribution is 0.578. The van der Waals surface area contributed by atoms with Crippen molar-refractivity contribution in [2.45, 2.75) is 19.4 Å². The molecule has 4 N–H and O–H groups in total. The van der Waals surface area contributed by atoms with Crippen LogP contribution in [0.3, 0.4) is 0 Å². The molecule has 0 unspecified atom stereocenters. The van der Waals surface area contributed by atoms with E-state index in [4.69, 9.17) is 5.73 Å². The van der Waals surface area contributed by atoms with Crippen molar-refractivity contribution in [1.29, 1.82) is 0 Å². The second-order valence-corrected chi connectivity index (χ2v) is 4.04. The van der Waals surface area contributed by atoms with Crippen LogP contribution < -0.4 is 11.1 Å².